The molecule has 0 spiro atoms. The molecule has 25 heavy (non-hydrogen) atoms. The lowest BCUT2D eigenvalue weighted by atomic mass is 10.2. The van der Waals surface area contributed by atoms with Gasteiger partial charge in [0.15, 0.2) is 0 Å². The number of nitrogens with zero attached hydrogens (tertiary/aromatic N) is 4. The topological polar surface area (TPSA) is 89.2 Å². The summed E-state index contributed by atoms with van der Waals surface area (Å²) in [5, 5.41) is 16.3. The highest BCUT2D eigenvalue weighted by molar-refractivity contribution is 5.86. The molecule has 0 bridgehead atoms. The fraction of sp³-hybridized carbons (Fsp3) is 0.353. The first kappa shape index (κ1) is 17.0. The molecule has 0 radical (unpaired) electrons. The highest BCUT2D eigenvalue weighted by Gasteiger charge is 2.18. The summed E-state index contributed by atoms with van der Waals surface area (Å²) in [7, 11) is 1.60. The summed E-state index contributed by atoms with van der Waals surface area (Å²) in [4.78, 5) is 14.8. The van der Waals surface area contributed by atoms with Crippen molar-refractivity contribution in [2.75, 3.05) is 38.3 Å². The van der Waals surface area contributed by atoms with E-state index in [0.29, 0.717) is 44.1 Å². The van der Waals surface area contributed by atoms with E-state index in [1.165, 1.54) is 10.9 Å². The molecule has 3 rings (SSSR count). The van der Waals surface area contributed by atoms with Gasteiger partial charge in [0, 0.05) is 13.1 Å². The molecule has 0 aliphatic carbocycles. The Kier molecular flexibility index (Phi) is 5.30. The second kappa shape index (κ2) is 7.80. The van der Waals surface area contributed by atoms with Crippen LogP contribution in [-0.2, 0) is 11.3 Å². The van der Waals surface area contributed by atoms with Crippen LogP contribution in [0.3, 0.4) is 0 Å². The number of rotatable bonds is 5. The molecule has 1 aromatic heterocycles. The molecule has 1 fully saturated rings. The van der Waals surface area contributed by atoms with E-state index in [2.05, 4.69) is 10.3 Å². The lowest BCUT2D eigenvalue weighted by Gasteiger charge is -2.29. The number of ether oxygens (including phenoxy) is 2. The predicted molar refractivity (Wildman–Crippen MR) is 93.0 cm³/mol. The maximum Gasteiger partial charge on any atom is 0.278 e. The van der Waals surface area contributed by atoms with Gasteiger partial charge in [0.05, 0.1) is 50.5 Å². The molecule has 2 aromatic rings. The van der Waals surface area contributed by atoms with Gasteiger partial charge in [-0.25, -0.2) is 4.68 Å². The molecule has 1 N–H and O–H groups in total. The third-order valence-corrected chi connectivity index (χ3v) is 4.09. The quantitative estimate of drug-likeness (QED) is 0.493. The van der Waals surface area contributed by atoms with Crippen molar-refractivity contribution in [3.63, 3.8) is 0 Å². The molecule has 1 aliphatic rings. The zero-order chi connectivity index (χ0) is 17.6. The molecule has 8 nitrogen and oxygen atoms in total. The summed E-state index contributed by atoms with van der Waals surface area (Å²) in [6.45, 7) is 2.82. The second-order valence-corrected chi connectivity index (χ2v) is 5.60. The molecule has 2 heterocycles. The summed E-state index contributed by atoms with van der Waals surface area (Å²) in [5.74, 6) is 0.750. The number of morpholine rings is 1. The number of benzene rings is 1. The van der Waals surface area contributed by atoms with Crippen LogP contribution in [0.25, 0.3) is 0 Å². The fourth-order valence-corrected chi connectivity index (χ4v) is 2.75. The Balaban J connectivity index is 1.92. The molecule has 1 aliphatic heterocycles. The summed E-state index contributed by atoms with van der Waals surface area (Å²) >= 11 is 0. The van der Waals surface area contributed by atoms with Gasteiger partial charge in [-0.15, -0.1) is 0 Å². The Morgan fingerprint density at radius 2 is 2.04 bits per heavy atom. The van der Waals surface area contributed by atoms with E-state index < -0.39 is 0 Å². The lowest BCUT2D eigenvalue weighted by Crippen LogP contribution is -2.39. The molecule has 0 unspecified atom stereocenters. The monoisotopic (exact) mass is 344 g/mol. The van der Waals surface area contributed by atoms with Gasteiger partial charge in [-0.05, 0) is 17.7 Å². The first-order valence-corrected chi connectivity index (χ1v) is 7.96. The predicted octanol–water partition coefficient (Wildman–Crippen LogP) is 0.945. The van der Waals surface area contributed by atoms with Crippen LogP contribution in [0.4, 0.5) is 5.69 Å². The standard InChI is InChI=1S/C17H20N4O4/c1-24-14-4-2-13(3-5-14)12-21-17(22)15(10-19-23)16(11-18-21)20-6-8-25-9-7-20/h2-5,10-11,23H,6-9,12H2,1H3. The van der Waals surface area contributed by atoms with E-state index in [9.17, 15) is 4.79 Å². The van der Waals surface area contributed by atoms with Crippen LogP contribution in [-0.4, -0.2) is 54.6 Å². The zero-order valence-corrected chi connectivity index (χ0v) is 14.0. The summed E-state index contributed by atoms with van der Waals surface area (Å²) in [5.41, 5.74) is 1.57. The van der Waals surface area contributed by atoms with Crippen molar-refractivity contribution >= 4 is 11.9 Å². The average molecular weight is 344 g/mol. The third-order valence-electron chi connectivity index (χ3n) is 4.09. The smallest absolute Gasteiger partial charge is 0.278 e. The Morgan fingerprint density at radius 1 is 1.32 bits per heavy atom. The largest absolute Gasteiger partial charge is 0.497 e. The lowest BCUT2D eigenvalue weighted by molar-refractivity contribution is 0.122. The van der Waals surface area contributed by atoms with Gasteiger partial charge in [-0.3, -0.25) is 4.79 Å². The summed E-state index contributed by atoms with van der Waals surface area (Å²) in [6.07, 6.45) is 2.80. The number of hydrogen-bond acceptors (Lipinski definition) is 7. The SMILES string of the molecule is COc1ccc(Cn2ncc(N3CCOCC3)c(C=NO)c2=O)cc1. The van der Waals surface area contributed by atoms with Gasteiger partial charge < -0.3 is 19.6 Å². The summed E-state index contributed by atoms with van der Waals surface area (Å²) < 4.78 is 11.8. The molecule has 0 amide bonds. The van der Waals surface area contributed by atoms with Crippen LogP contribution in [0, 0.1) is 0 Å². The molecule has 132 valence electrons. The Hall–Kier alpha value is -2.87. The number of methoxy groups -OCH3 is 1. The van der Waals surface area contributed by atoms with Crippen LogP contribution in [0.5, 0.6) is 5.75 Å². The van der Waals surface area contributed by atoms with E-state index >= 15 is 0 Å². The van der Waals surface area contributed by atoms with E-state index in [1.807, 2.05) is 29.2 Å². The Bertz CT molecular complexity index is 795. The molecular weight excluding hydrogens is 324 g/mol. The van der Waals surface area contributed by atoms with Crippen molar-refractivity contribution in [2.24, 2.45) is 5.16 Å². The maximum atomic E-state index is 12.8. The highest BCUT2D eigenvalue weighted by atomic mass is 16.5. The van der Waals surface area contributed by atoms with Gasteiger partial charge in [0.1, 0.15) is 5.75 Å². The van der Waals surface area contributed by atoms with Gasteiger partial charge in [0.2, 0.25) is 0 Å². The minimum absolute atomic E-state index is 0.308. The molecule has 8 heteroatoms. The highest BCUT2D eigenvalue weighted by Crippen LogP contribution is 2.17. The van der Waals surface area contributed by atoms with E-state index in [-0.39, 0.29) is 5.56 Å². The van der Waals surface area contributed by atoms with Crippen LogP contribution in [0.15, 0.2) is 40.4 Å². The van der Waals surface area contributed by atoms with E-state index in [1.54, 1.807) is 13.3 Å². The first-order valence-electron chi connectivity index (χ1n) is 7.96. The average Bonchev–Trinajstić information content (AvgIpc) is 2.66. The van der Waals surface area contributed by atoms with Crippen molar-refractivity contribution in [3.05, 3.63) is 51.9 Å². The van der Waals surface area contributed by atoms with E-state index in [0.717, 1.165) is 11.3 Å². The molecular formula is C17H20N4O4. The molecule has 0 atom stereocenters. The third kappa shape index (κ3) is 3.80. The number of aromatic nitrogens is 2. The van der Waals surface area contributed by atoms with Crippen LogP contribution in [0.1, 0.15) is 11.1 Å². The van der Waals surface area contributed by atoms with Crippen molar-refractivity contribution in [3.8, 4) is 5.75 Å². The number of anilines is 1. The Labute approximate surface area is 144 Å². The van der Waals surface area contributed by atoms with Crippen LogP contribution in [0.2, 0.25) is 0 Å². The van der Waals surface area contributed by atoms with Gasteiger partial charge >= 0.3 is 0 Å². The van der Waals surface area contributed by atoms with Crippen molar-refractivity contribution in [1.82, 2.24) is 9.78 Å². The molecule has 1 aromatic carbocycles. The van der Waals surface area contributed by atoms with Crippen LogP contribution < -0.4 is 15.2 Å². The van der Waals surface area contributed by atoms with Crippen molar-refractivity contribution < 1.29 is 14.7 Å². The Morgan fingerprint density at radius 3 is 2.68 bits per heavy atom. The molecule has 1 saturated heterocycles. The zero-order valence-electron chi connectivity index (χ0n) is 14.0. The minimum Gasteiger partial charge on any atom is -0.497 e. The minimum atomic E-state index is -0.308. The number of oxime groups is 1. The fourth-order valence-electron chi connectivity index (χ4n) is 2.75. The second-order valence-electron chi connectivity index (χ2n) is 5.60. The molecule has 0 saturated carbocycles. The van der Waals surface area contributed by atoms with Crippen LogP contribution >= 0.6 is 0 Å². The van der Waals surface area contributed by atoms with Gasteiger partial charge in [-0.2, -0.15) is 5.10 Å². The summed E-state index contributed by atoms with van der Waals surface area (Å²) in [6, 6.07) is 7.42. The van der Waals surface area contributed by atoms with Crippen molar-refractivity contribution in [1.29, 1.82) is 0 Å². The normalized spacial score (nSPS) is 14.8. The number of hydrogen-bond donors (Lipinski definition) is 1. The van der Waals surface area contributed by atoms with Gasteiger partial charge in [-0.1, -0.05) is 17.3 Å². The first-order chi connectivity index (χ1) is 12.2. The van der Waals surface area contributed by atoms with E-state index in [4.69, 9.17) is 14.7 Å². The maximum absolute atomic E-state index is 12.8. The van der Waals surface area contributed by atoms with Gasteiger partial charge in [0.25, 0.3) is 5.56 Å². The van der Waals surface area contributed by atoms with Crippen molar-refractivity contribution in [2.45, 2.75) is 6.54 Å².